The van der Waals surface area contributed by atoms with Crippen LogP contribution < -0.4 is 25.9 Å². The van der Waals surface area contributed by atoms with E-state index in [1.165, 1.54) is 12.1 Å². The summed E-state index contributed by atoms with van der Waals surface area (Å²) in [5, 5.41) is 17.1. The largest absolute Gasteiger partial charge is 0.624 e. The molecule has 0 bridgehead atoms. The molecule has 1 fully saturated rings. The minimum Gasteiger partial charge on any atom is -0.624 e. The quantitative estimate of drug-likeness (QED) is 0.764. The van der Waals surface area contributed by atoms with Crippen LogP contribution in [0.3, 0.4) is 0 Å². The van der Waals surface area contributed by atoms with Gasteiger partial charge in [0, 0.05) is 40.3 Å². The van der Waals surface area contributed by atoms with Crippen LogP contribution in [0, 0.1) is 16.9 Å². The highest BCUT2D eigenvalue weighted by Crippen LogP contribution is 2.29. The molecule has 0 aliphatic carbocycles. The van der Waals surface area contributed by atoms with E-state index in [0.29, 0.717) is 0 Å². The van der Waals surface area contributed by atoms with Crippen LogP contribution in [-0.2, 0) is 4.74 Å². The minimum absolute atomic E-state index is 0.00747. The van der Waals surface area contributed by atoms with Crippen LogP contribution in [0.4, 0.5) is 10.1 Å². The van der Waals surface area contributed by atoms with Gasteiger partial charge in [0.15, 0.2) is 0 Å². The molecule has 2 atom stereocenters. The van der Waals surface area contributed by atoms with Crippen LogP contribution in [-0.4, -0.2) is 12.8 Å². The molecule has 2 unspecified atom stereocenters. The van der Waals surface area contributed by atoms with Crippen LogP contribution in [0.1, 0.15) is 44.2 Å². The standard InChI is InChI=1S/C24H26FN3O2/c1-15(2)24-23(16-6-8-19(25)9-7-16)20-11-17-13-26-28(22-5-3-4-10-30-22)21(17)12-18(20)14-27(24)29/h6-9,11-15,22,26-27H,3-5,10H2,1-2H3. The third kappa shape index (κ3) is 3.21. The van der Waals surface area contributed by atoms with Crippen molar-refractivity contribution in [2.45, 2.75) is 39.3 Å². The number of nitrogens with zero attached hydrogens (tertiary/aromatic N) is 1. The maximum absolute atomic E-state index is 13.6. The first-order valence-corrected chi connectivity index (χ1v) is 10.6. The molecule has 0 aromatic heterocycles. The lowest BCUT2D eigenvalue weighted by atomic mass is 9.88. The molecule has 0 radical (unpaired) electrons. The summed E-state index contributed by atoms with van der Waals surface area (Å²) in [5.41, 5.74) is 7.90. The second-order valence-corrected chi connectivity index (χ2v) is 8.42. The van der Waals surface area contributed by atoms with Gasteiger partial charge >= 0.3 is 0 Å². The maximum Gasteiger partial charge on any atom is 0.148 e. The van der Waals surface area contributed by atoms with Crippen molar-refractivity contribution in [1.29, 1.82) is 0 Å². The molecule has 3 aliphatic heterocycles. The summed E-state index contributed by atoms with van der Waals surface area (Å²) in [4.78, 5) is 0. The number of halogens is 1. The van der Waals surface area contributed by atoms with E-state index < -0.39 is 0 Å². The molecule has 1 saturated heterocycles. The first-order chi connectivity index (χ1) is 14.5. The van der Waals surface area contributed by atoms with Crippen molar-refractivity contribution in [2.75, 3.05) is 11.6 Å². The number of hydrogen-bond donors (Lipinski definition) is 2. The summed E-state index contributed by atoms with van der Waals surface area (Å²) < 4.78 is 19.5. The number of hydrogen-bond acceptors (Lipinski definition) is 4. The Kier molecular flexibility index (Phi) is 4.85. The Morgan fingerprint density at radius 2 is 1.97 bits per heavy atom. The van der Waals surface area contributed by atoms with Crippen molar-refractivity contribution >= 4 is 23.7 Å². The third-order valence-electron chi connectivity index (χ3n) is 6.06. The van der Waals surface area contributed by atoms with Gasteiger partial charge in [0.25, 0.3) is 0 Å². The fourth-order valence-electron chi connectivity index (χ4n) is 4.64. The Morgan fingerprint density at radius 3 is 2.67 bits per heavy atom. The Balaban J connectivity index is 1.66. The molecule has 0 amide bonds. The number of rotatable bonds is 3. The number of allylic oxidation sites excluding steroid dienone is 1. The summed E-state index contributed by atoms with van der Waals surface area (Å²) in [6.45, 7) is 4.82. The molecule has 2 aromatic carbocycles. The minimum atomic E-state index is -0.283. The van der Waals surface area contributed by atoms with Gasteiger partial charge in [0.1, 0.15) is 23.9 Å². The Hall–Kier alpha value is -2.67. The molecular weight excluding hydrogens is 381 g/mol. The Labute approximate surface area is 175 Å². The van der Waals surface area contributed by atoms with E-state index in [1.54, 1.807) is 18.3 Å². The van der Waals surface area contributed by atoms with Gasteiger partial charge in [-0.05, 0) is 49.1 Å². The van der Waals surface area contributed by atoms with Crippen LogP contribution >= 0.6 is 0 Å². The van der Waals surface area contributed by atoms with Crippen molar-refractivity contribution in [3.05, 3.63) is 74.7 Å². The maximum atomic E-state index is 13.6. The van der Waals surface area contributed by atoms with E-state index in [1.807, 2.05) is 20.0 Å². The highest BCUT2D eigenvalue weighted by atomic mass is 19.1. The van der Waals surface area contributed by atoms with Gasteiger partial charge in [-0.25, -0.2) is 4.39 Å². The van der Waals surface area contributed by atoms with E-state index in [4.69, 9.17) is 4.74 Å². The normalized spacial score (nSPS) is 22.9. The zero-order valence-corrected chi connectivity index (χ0v) is 17.2. The van der Waals surface area contributed by atoms with Gasteiger partial charge in [-0.3, -0.25) is 5.01 Å². The summed E-state index contributed by atoms with van der Waals surface area (Å²) in [6.07, 6.45) is 6.92. The van der Waals surface area contributed by atoms with E-state index >= 15 is 0 Å². The van der Waals surface area contributed by atoms with Crippen LogP contribution in [0.15, 0.2) is 42.1 Å². The number of benzene rings is 2. The molecule has 3 heterocycles. The van der Waals surface area contributed by atoms with Gasteiger partial charge in [-0.1, -0.05) is 26.0 Å². The van der Waals surface area contributed by atoms with Crippen molar-refractivity contribution in [3.8, 4) is 0 Å². The zero-order valence-electron chi connectivity index (χ0n) is 17.2. The monoisotopic (exact) mass is 407 g/mol. The molecule has 6 heteroatoms. The summed E-state index contributed by atoms with van der Waals surface area (Å²) >= 11 is 0. The van der Waals surface area contributed by atoms with E-state index in [-0.39, 0.29) is 23.0 Å². The lowest BCUT2D eigenvalue weighted by Crippen LogP contribution is -3.01. The highest BCUT2D eigenvalue weighted by Gasteiger charge is 2.29. The Morgan fingerprint density at radius 1 is 1.17 bits per heavy atom. The van der Waals surface area contributed by atoms with Crippen LogP contribution in [0.5, 0.6) is 0 Å². The Bertz CT molecular complexity index is 1120. The van der Waals surface area contributed by atoms with Crippen molar-refractivity contribution in [1.82, 2.24) is 5.43 Å². The molecule has 30 heavy (non-hydrogen) atoms. The third-order valence-corrected chi connectivity index (χ3v) is 6.06. The second-order valence-electron chi connectivity index (χ2n) is 8.42. The van der Waals surface area contributed by atoms with Crippen molar-refractivity contribution < 1.29 is 14.2 Å². The molecule has 5 rings (SSSR count). The smallest absolute Gasteiger partial charge is 0.148 e. The summed E-state index contributed by atoms with van der Waals surface area (Å²) in [6, 6.07) is 10.6. The molecular formula is C24H26FN3O2. The molecule has 0 spiro atoms. The van der Waals surface area contributed by atoms with Crippen LogP contribution in [0.2, 0.25) is 0 Å². The molecule has 2 aromatic rings. The number of hydroxylamine groups is 2. The molecule has 0 saturated carbocycles. The van der Waals surface area contributed by atoms with Crippen molar-refractivity contribution in [2.24, 2.45) is 5.92 Å². The number of fused-ring (bicyclic) bond motifs is 2. The van der Waals surface area contributed by atoms with Crippen LogP contribution in [0.25, 0.3) is 18.0 Å². The van der Waals surface area contributed by atoms with Crippen molar-refractivity contribution in [3.63, 3.8) is 0 Å². The SMILES string of the molecule is CC(C)C1=C(c2ccc(F)cc2)c2cc3c(cc2=C[NH+]1[O-])N(C1CCCCO1)NC=3. The van der Waals surface area contributed by atoms with Gasteiger partial charge in [-0.2, -0.15) is 0 Å². The number of ether oxygens (including phenoxy) is 1. The molecule has 5 nitrogen and oxygen atoms in total. The van der Waals surface area contributed by atoms with E-state index in [2.05, 4.69) is 22.6 Å². The number of anilines is 1. The summed E-state index contributed by atoms with van der Waals surface area (Å²) in [5.74, 6) is -0.224. The highest BCUT2D eigenvalue weighted by molar-refractivity contribution is 5.84. The van der Waals surface area contributed by atoms with E-state index in [9.17, 15) is 9.60 Å². The lowest BCUT2D eigenvalue weighted by Gasteiger charge is -2.33. The fraction of sp³-hybridized carbons (Fsp3) is 0.333. The summed E-state index contributed by atoms with van der Waals surface area (Å²) in [7, 11) is 0. The van der Waals surface area contributed by atoms with Gasteiger partial charge in [0.05, 0.1) is 5.69 Å². The topological polar surface area (TPSA) is 52.0 Å². The van der Waals surface area contributed by atoms with Gasteiger partial charge in [0.2, 0.25) is 0 Å². The first-order valence-electron chi connectivity index (χ1n) is 10.6. The molecule has 156 valence electrons. The average molecular weight is 407 g/mol. The lowest BCUT2D eigenvalue weighted by molar-refractivity contribution is -0.718. The zero-order chi connectivity index (χ0) is 20.8. The predicted octanol–water partition coefficient (Wildman–Crippen LogP) is 1.96. The second kappa shape index (κ2) is 7.54. The average Bonchev–Trinajstić information content (AvgIpc) is 3.15. The van der Waals surface area contributed by atoms with Gasteiger partial charge < -0.3 is 20.4 Å². The molecule has 2 N–H and O–H groups in total. The predicted molar refractivity (Wildman–Crippen MR) is 115 cm³/mol. The number of nitrogens with one attached hydrogen (secondary N) is 2. The van der Waals surface area contributed by atoms with Gasteiger partial charge in [-0.15, -0.1) is 0 Å². The first kappa shape index (κ1) is 19.3. The fourth-order valence-corrected chi connectivity index (χ4v) is 4.64. The number of quaternary nitrogens is 1. The number of hydrazine groups is 1. The van der Waals surface area contributed by atoms with E-state index in [0.717, 1.165) is 64.4 Å². The molecule has 3 aliphatic rings.